The summed E-state index contributed by atoms with van der Waals surface area (Å²) in [4.78, 5) is 0. The molecule has 18 heavy (non-hydrogen) atoms. The van der Waals surface area contributed by atoms with Crippen LogP contribution in [0.1, 0.15) is 11.4 Å². The first kappa shape index (κ1) is 12.3. The van der Waals surface area contributed by atoms with Crippen LogP contribution < -0.4 is 0 Å². The Morgan fingerprint density at radius 2 is 1.61 bits per heavy atom. The molecule has 2 aromatic rings. The van der Waals surface area contributed by atoms with Crippen molar-refractivity contribution in [2.45, 2.75) is 13.1 Å². The van der Waals surface area contributed by atoms with Crippen LogP contribution >= 0.6 is 0 Å². The zero-order chi connectivity index (χ0) is 13.3. The van der Waals surface area contributed by atoms with E-state index in [-0.39, 0.29) is 11.6 Å². The fraction of sp³-hybridized carbons (Fsp3) is 0.200. The van der Waals surface area contributed by atoms with Crippen LogP contribution in [0.4, 0.5) is 17.6 Å². The zero-order valence-electron chi connectivity index (χ0n) is 9.03. The van der Waals surface area contributed by atoms with Crippen molar-refractivity contribution >= 4 is 0 Å². The van der Waals surface area contributed by atoms with Crippen molar-refractivity contribution in [1.82, 2.24) is 20.4 Å². The second-order valence-corrected chi connectivity index (χ2v) is 3.46. The largest absolute Gasteiger partial charge is 0.417 e. The molecule has 0 N–H and O–H groups in total. The molecule has 4 nitrogen and oxygen atoms in total. The van der Waals surface area contributed by atoms with Gasteiger partial charge in [-0.05, 0) is 25.1 Å². The van der Waals surface area contributed by atoms with E-state index in [2.05, 4.69) is 20.4 Å². The van der Waals surface area contributed by atoms with Gasteiger partial charge < -0.3 is 0 Å². The molecule has 1 aromatic carbocycles. The van der Waals surface area contributed by atoms with Gasteiger partial charge >= 0.3 is 6.18 Å². The molecule has 2 rings (SSSR count). The molecule has 1 heterocycles. The van der Waals surface area contributed by atoms with E-state index in [4.69, 9.17) is 0 Å². The molecule has 8 heteroatoms. The fourth-order valence-corrected chi connectivity index (χ4v) is 1.34. The van der Waals surface area contributed by atoms with Crippen molar-refractivity contribution in [2.75, 3.05) is 0 Å². The summed E-state index contributed by atoms with van der Waals surface area (Å²) in [5, 5.41) is 13.9. The Morgan fingerprint density at radius 3 is 2.17 bits per heavy atom. The molecule has 0 unspecified atom stereocenters. The molecule has 0 atom stereocenters. The number of rotatable bonds is 1. The van der Waals surface area contributed by atoms with Gasteiger partial charge in [-0.25, -0.2) is 4.39 Å². The lowest BCUT2D eigenvalue weighted by molar-refractivity contribution is -0.137. The fourth-order valence-electron chi connectivity index (χ4n) is 1.34. The lowest BCUT2D eigenvalue weighted by Gasteiger charge is -2.10. The van der Waals surface area contributed by atoms with Gasteiger partial charge in [0.05, 0.1) is 5.56 Å². The van der Waals surface area contributed by atoms with E-state index in [0.29, 0.717) is 12.1 Å². The molecular formula is C10H6F4N4. The predicted octanol–water partition coefficient (Wildman–Crippen LogP) is 2.40. The van der Waals surface area contributed by atoms with E-state index >= 15 is 0 Å². The number of aryl methyl sites for hydroxylation is 1. The SMILES string of the molecule is Cc1nnc(-c2cc(F)ccc2C(F)(F)F)nn1. The Morgan fingerprint density at radius 1 is 1.00 bits per heavy atom. The standard InChI is InChI=1S/C10H6F4N4/c1-5-15-17-9(18-16-5)7-4-6(11)2-3-8(7)10(12,13)14/h2-4H,1H3. The van der Waals surface area contributed by atoms with Crippen LogP contribution in [0.15, 0.2) is 18.2 Å². The first-order valence-corrected chi connectivity index (χ1v) is 4.79. The molecular weight excluding hydrogens is 252 g/mol. The number of hydrogen-bond donors (Lipinski definition) is 0. The van der Waals surface area contributed by atoms with Crippen LogP contribution in [0.3, 0.4) is 0 Å². The third kappa shape index (κ3) is 2.41. The number of nitrogens with zero attached hydrogens (tertiary/aromatic N) is 4. The molecule has 0 aliphatic carbocycles. The van der Waals surface area contributed by atoms with Gasteiger partial charge in [0.1, 0.15) is 5.82 Å². The number of aromatic nitrogens is 4. The van der Waals surface area contributed by atoms with E-state index in [9.17, 15) is 17.6 Å². The minimum Gasteiger partial charge on any atom is -0.207 e. The molecule has 0 fully saturated rings. The maximum atomic E-state index is 13.0. The summed E-state index contributed by atoms with van der Waals surface area (Å²) < 4.78 is 51.2. The minimum atomic E-state index is -4.63. The molecule has 0 bridgehead atoms. The van der Waals surface area contributed by atoms with Crippen molar-refractivity contribution in [3.8, 4) is 11.4 Å². The van der Waals surface area contributed by atoms with E-state index in [0.717, 1.165) is 6.07 Å². The molecule has 0 aliphatic rings. The number of hydrogen-bond acceptors (Lipinski definition) is 4. The summed E-state index contributed by atoms with van der Waals surface area (Å²) in [6.45, 7) is 1.49. The van der Waals surface area contributed by atoms with Crippen molar-refractivity contribution in [3.63, 3.8) is 0 Å². The summed E-state index contributed by atoms with van der Waals surface area (Å²) in [5.41, 5.74) is -1.51. The Bertz CT molecular complexity index is 565. The Labute approximate surface area is 98.7 Å². The second kappa shape index (κ2) is 4.28. The molecule has 0 radical (unpaired) electrons. The normalized spacial score (nSPS) is 11.6. The third-order valence-corrected chi connectivity index (χ3v) is 2.11. The van der Waals surface area contributed by atoms with Crippen LogP contribution in [0.2, 0.25) is 0 Å². The van der Waals surface area contributed by atoms with Gasteiger partial charge in [-0.1, -0.05) is 0 Å². The Kier molecular flexibility index (Phi) is 2.93. The van der Waals surface area contributed by atoms with E-state index in [1.54, 1.807) is 0 Å². The molecule has 0 saturated heterocycles. The van der Waals surface area contributed by atoms with Crippen LogP contribution in [0.25, 0.3) is 11.4 Å². The first-order chi connectivity index (χ1) is 8.38. The van der Waals surface area contributed by atoms with E-state index < -0.39 is 23.1 Å². The van der Waals surface area contributed by atoms with Gasteiger partial charge in [-0.2, -0.15) is 13.2 Å². The van der Waals surface area contributed by atoms with E-state index in [1.165, 1.54) is 6.92 Å². The highest BCUT2D eigenvalue weighted by Gasteiger charge is 2.34. The summed E-state index contributed by atoms with van der Waals surface area (Å²) >= 11 is 0. The number of alkyl halides is 3. The summed E-state index contributed by atoms with van der Waals surface area (Å²) in [5.74, 6) is -0.974. The van der Waals surface area contributed by atoms with Crippen LogP contribution in [-0.4, -0.2) is 20.4 Å². The van der Waals surface area contributed by atoms with Crippen molar-refractivity contribution < 1.29 is 17.6 Å². The highest BCUT2D eigenvalue weighted by molar-refractivity contribution is 5.60. The van der Waals surface area contributed by atoms with Gasteiger partial charge in [0, 0.05) is 5.56 Å². The maximum absolute atomic E-state index is 13.0. The van der Waals surface area contributed by atoms with Crippen molar-refractivity contribution in [1.29, 1.82) is 0 Å². The highest BCUT2D eigenvalue weighted by Crippen LogP contribution is 2.35. The van der Waals surface area contributed by atoms with E-state index in [1.807, 2.05) is 0 Å². The maximum Gasteiger partial charge on any atom is 0.417 e. The zero-order valence-corrected chi connectivity index (χ0v) is 9.03. The number of halogens is 4. The predicted molar refractivity (Wildman–Crippen MR) is 52.8 cm³/mol. The van der Waals surface area contributed by atoms with Crippen LogP contribution in [0.5, 0.6) is 0 Å². The molecule has 94 valence electrons. The van der Waals surface area contributed by atoms with Crippen molar-refractivity contribution in [2.24, 2.45) is 0 Å². The molecule has 0 saturated carbocycles. The third-order valence-electron chi connectivity index (χ3n) is 2.11. The first-order valence-electron chi connectivity index (χ1n) is 4.79. The average Bonchev–Trinajstić information content (AvgIpc) is 2.28. The van der Waals surface area contributed by atoms with Crippen LogP contribution in [0, 0.1) is 12.7 Å². The summed E-state index contributed by atoms with van der Waals surface area (Å²) in [7, 11) is 0. The monoisotopic (exact) mass is 258 g/mol. The second-order valence-electron chi connectivity index (χ2n) is 3.46. The molecule has 0 amide bonds. The van der Waals surface area contributed by atoms with Gasteiger partial charge in [0.15, 0.2) is 5.82 Å². The smallest absolute Gasteiger partial charge is 0.207 e. The highest BCUT2D eigenvalue weighted by atomic mass is 19.4. The quantitative estimate of drug-likeness (QED) is 0.737. The lowest BCUT2D eigenvalue weighted by Crippen LogP contribution is -2.09. The minimum absolute atomic E-state index is 0.212. The average molecular weight is 258 g/mol. The van der Waals surface area contributed by atoms with Gasteiger partial charge in [-0.3, -0.25) is 0 Å². The van der Waals surface area contributed by atoms with Gasteiger partial charge in [0.25, 0.3) is 0 Å². The van der Waals surface area contributed by atoms with Gasteiger partial charge in [0.2, 0.25) is 5.82 Å². The summed E-state index contributed by atoms with van der Waals surface area (Å²) in [6, 6.07) is 2.06. The van der Waals surface area contributed by atoms with Gasteiger partial charge in [-0.15, -0.1) is 20.4 Å². The molecule has 0 spiro atoms. The molecule has 1 aromatic heterocycles. The van der Waals surface area contributed by atoms with Crippen LogP contribution in [-0.2, 0) is 6.18 Å². The Hall–Kier alpha value is -2.12. The molecule has 0 aliphatic heterocycles. The number of benzene rings is 1. The van der Waals surface area contributed by atoms with Crippen molar-refractivity contribution in [3.05, 3.63) is 35.4 Å². The topological polar surface area (TPSA) is 51.6 Å². The lowest BCUT2D eigenvalue weighted by atomic mass is 10.1. The summed E-state index contributed by atoms with van der Waals surface area (Å²) in [6.07, 6.45) is -4.63. The Balaban J connectivity index is 2.62.